The number of aromatic nitrogens is 3. The summed E-state index contributed by atoms with van der Waals surface area (Å²) in [7, 11) is 1.84. The van der Waals surface area contributed by atoms with Crippen molar-refractivity contribution >= 4 is 32.6 Å². The summed E-state index contributed by atoms with van der Waals surface area (Å²) in [6.07, 6.45) is 3.28. The molecule has 2 aromatic heterocycles. The van der Waals surface area contributed by atoms with E-state index in [1.54, 1.807) is 28.4 Å². The number of carbonyl (C=O) groups is 1. The van der Waals surface area contributed by atoms with E-state index in [1.165, 1.54) is 4.70 Å². The van der Waals surface area contributed by atoms with Crippen LogP contribution in [0.1, 0.15) is 10.5 Å². The number of aryl methyl sites for hydroxylation is 1. The largest absolute Gasteiger partial charge is 0.345 e. The molecule has 7 heteroatoms. The summed E-state index contributed by atoms with van der Waals surface area (Å²) in [6.45, 7) is 3.03. The fourth-order valence-corrected chi connectivity index (χ4v) is 3.84. The van der Waals surface area contributed by atoms with Crippen LogP contribution in [0.15, 0.2) is 36.8 Å². The van der Waals surface area contributed by atoms with Crippen molar-refractivity contribution in [2.24, 2.45) is 7.05 Å². The van der Waals surface area contributed by atoms with Gasteiger partial charge in [0.05, 0.1) is 22.7 Å². The van der Waals surface area contributed by atoms with Crippen molar-refractivity contribution in [3.05, 3.63) is 42.5 Å². The molecule has 3 heterocycles. The normalized spacial score (nSPS) is 15.3. The number of rotatable bonds is 2. The molecule has 4 rings (SSSR count). The summed E-state index contributed by atoms with van der Waals surface area (Å²) in [6, 6.07) is 8.18. The zero-order valence-electron chi connectivity index (χ0n) is 12.8. The Kier molecular flexibility index (Phi) is 3.49. The van der Waals surface area contributed by atoms with Gasteiger partial charge in [-0.05, 0) is 12.1 Å². The van der Waals surface area contributed by atoms with Crippen LogP contribution >= 0.6 is 11.3 Å². The number of amides is 1. The van der Waals surface area contributed by atoms with Crippen LogP contribution in [0.5, 0.6) is 0 Å². The van der Waals surface area contributed by atoms with Crippen LogP contribution in [-0.4, -0.2) is 51.5 Å². The van der Waals surface area contributed by atoms with Gasteiger partial charge in [-0.25, -0.2) is 9.97 Å². The number of para-hydroxylation sites is 1. The Morgan fingerprint density at radius 1 is 1.17 bits per heavy atom. The summed E-state index contributed by atoms with van der Waals surface area (Å²) < 4.78 is 2.97. The van der Waals surface area contributed by atoms with E-state index in [0.717, 1.165) is 23.7 Å². The lowest BCUT2D eigenvalue weighted by atomic mass is 10.3. The van der Waals surface area contributed by atoms with Gasteiger partial charge in [0.2, 0.25) is 0 Å². The molecule has 0 aliphatic carbocycles. The predicted octanol–water partition coefficient (Wildman–Crippen LogP) is 1.99. The summed E-state index contributed by atoms with van der Waals surface area (Å²) in [5.74, 6) is 0.0500. The number of anilines is 1. The number of thiazole rings is 1. The number of piperazine rings is 1. The van der Waals surface area contributed by atoms with Crippen molar-refractivity contribution in [1.29, 1.82) is 0 Å². The molecule has 1 saturated heterocycles. The van der Waals surface area contributed by atoms with Crippen molar-refractivity contribution in [2.45, 2.75) is 0 Å². The monoisotopic (exact) mass is 327 g/mol. The predicted molar refractivity (Wildman–Crippen MR) is 90.9 cm³/mol. The molecule has 118 valence electrons. The number of nitrogens with zero attached hydrogens (tertiary/aromatic N) is 5. The van der Waals surface area contributed by atoms with E-state index in [9.17, 15) is 4.79 Å². The molecule has 0 spiro atoms. The lowest BCUT2D eigenvalue weighted by molar-refractivity contribution is 0.0737. The lowest BCUT2D eigenvalue weighted by Gasteiger charge is -2.34. The van der Waals surface area contributed by atoms with Crippen LogP contribution in [0.4, 0.5) is 5.13 Å². The molecule has 0 bridgehead atoms. The van der Waals surface area contributed by atoms with Crippen molar-refractivity contribution in [3.63, 3.8) is 0 Å². The lowest BCUT2D eigenvalue weighted by Crippen LogP contribution is -2.49. The van der Waals surface area contributed by atoms with Gasteiger partial charge >= 0.3 is 0 Å². The van der Waals surface area contributed by atoms with Crippen molar-refractivity contribution in [1.82, 2.24) is 19.4 Å². The molecule has 0 N–H and O–H groups in total. The maximum Gasteiger partial charge on any atom is 0.272 e. The second-order valence-corrected chi connectivity index (χ2v) is 6.64. The Bertz CT molecular complexity index is 814. The second-order valence-electron chi connectivity index (χ2n) is 5.63. The Labute approximate surface area is 138 Å². The minimum absolute atomic E-state index is 0.0500. The van der Waals surface area contributed by atoms with E-state index in [4.69, 9.17) is 4.98 Å². The van der Waals surface area contributed by atoms with E-state index in [-0.39, 0.29) is 5.91 Å². The molecule has 0 radical (unpaired) electrons. The molecule has 3 aromatic rings. The van der Waals surface area contributed by atoms with Crippen LogP contribution in [-0.2, 0) is 7.05 Å². The average Bonchev–Trinajstić information content (AvgIpc) is 3.20. The van der Waals surface area contributed by atoms with E-state index in [1.807, 2.05) is 30.1 Å². The number of carbonyl (C=O) groups excluding carboxylic acids is 1. The van der Waals surface area contributed by atoms with Crippen LogP contribution in [0.2, 0.25) is 0 Å². The molecule has 1 amide bonds. The average molecular weight is 327 g/mol. The third kappa shape index (κ3) is 2.57. The van der Waals surface area contributed by atoms with E-state index in [0.29, 0.717) is 18.8 Å². The van der Waals surface area contributed by atoms with Crippen molar-refractivity contribution in [3.8, 4) is 0 Å². The smallest absolute Gasteiger partial charge is 0.272 e. The summed E-state index contributed by atoms with van der Waals surface area (Å²) in [4.78, 5) is 25.4. The third-order valence-electron chi connectivity index (χ3n) is 4.16. The van der Waals surface area contributed by atoms with Crippen LogP contribution in [0.25, 0.3) is 10.2 Å². The summed E-state index contributed by atoms with van der Waals surface area (Å²) in [5.41, 5.74) is 1.68. The van der Waals surface area contributed by atoms with Crippen LogP contribution in [0.3, 0.4) is 0 Å². The Hall–Kier alpha value is -2.41. The summed E-state index contributed by atoms with van der Waals surface area (Å²) >= 11 is 1.71. The quantitative estimate of drug-likeness (QED) is 0.722. The fourth-order valence-electron chi connectivity index (χ4n) is 2.82. The van der Waals surface area contributed by atoms with E-state index in [2.05, 4.69) is 16.0 Å². The summed E-state index contributed by atoms with van der Waals surface area (Å²) in [5, 5.41) is 1.04. The molecule has 6 nitrogen and oxygen atoms in total. The SMILES string of the molecule is Cn1cncc1C(=O)N1CCN(c2nc3ccccc3s2)CC1. The van der Waals surface area contributed by atoms with Gasteiger partial charge in [-0.2, -0.15) is 0 Å². The van der Waals surface area contributed by atoms with Crippen molar-refractivity contribution < 1.29 is 4.79 Å². The topological polar surface area (TPSA) is 54.3 Å². The maximum absolute atomic E-state index is 12.5. The van der Waals surface area contributed by atoms with Crippen LogP contribution < -0.4 is 4.90 Å². The van der Waals surface area contributed by atoms with E-state index >= 15 is 0 Å². The van der Waals surface area contributed by atoms with Gasteiger partial charge in [-0.15, -0.1) is 0 Å². The maximum atomic E-state index is 12.5. The number of imidazole rings is 1. The minimum atomic E-state index is 0.0500. The first-order valence-electron chi connectivity index (χ1n) is 7.58. The zero-order valence-corrected chi connectivity index (χ0v) is 13.7. The first-order valence-corrected chi connectivity index (χ1v) is 8.40. The molecule has 0 saturated carbocycles. The van der Waals surface area contributed by atoms with Crippen molar-refractivity contribution in [2.75, 3.05) is 31.1 Å². The van der Waals surface area contributed by atoms with Gasteiger partial charge in [-0.1, -0.05) is 23.5 Å². The Balaban J connectivity index is 1.46. The van der Waals surface area contributed by atoms with Gasteiger partial charge in [0.1, 0.15) is 5.69 Å². The molecule has 1 aliphatic rings. The molecule has 1 aromatic carbocycles. The highest BCUT2D eigenvalue weighted by molar-refractivity contribution is 7.22. The Morgan fingerprint density at radius 3 is 2.65 bits per heavy atom. The first-order chi connectivity index (χ1) is 11.2. The van der Waals surface area contributed by atoms with Gasteiger partial charge in [0.25, 0.3) is 5.91 Å². The molecular weight excluding hydrogens is 310 g/mol. The first kappa shape index (κ1) is 14.2. The van der Waals surface area contributed by atoms with E-state index < -0.39 is 0 Å². The number of benzene rings is 1. The zero-order chi connectivity index (χ0) is 15.8. The highest BCUT2D eigenvalue weighted by Crippen LogP contribution is 2.29. The minimum Gasteiger partial charge on any atom is -0.345 e. The molecule has 1 aliphatic heterocycles. The standard InChI is InChI=1S/C16H17N5OS/c1-19-11-17-10-13(19)15(22)20-6-8-21(9-7-20)16-18-12-4-2-3-5-14(12)23-16/h2-5,10-11H,6-9H2,1H3. The highest BCUT2D eigenvalue weighted by Gasteiger charge is 2.25. The van der Waals surface area contributed by atoms with Gasteiger partial charge < -0.3 is 14.4 Å². The number of hydrogen-bond acceptors (Lipinski definition) is 5. The van der Waals surface area contributed by atoms with Crippen LogP contribution in [0, 0.1) is 0 Å². The molecular formula is C16H17N5OS. The Morgan fingerprint density at radius 2 is 1.96 bits per heavy atom. The van der Waals surface area contributed by atoms with Gasteiger partial charge in [0.15, 0.2) is 5.13 Å². The molecule has 1 fully saturated rings. The fraction of sp³-hybridized carbons (Fsp3) is 0.312. The molecule has 0 unspecified atom stereocenters. The molecule has 23 heavy (non-hydrogen) atoms. The van der Waals surface area contributed by atoms with Gasteiger partial charge in [0, 0.05) is 33.2 Å². The second kappa shape index (κ2) is 5.66. The number of fused-ring (bicyclic) bond motifs is 1. The molecule has 0 atom stereocenters. The third-order valence-corrected chi connectivity index (χ3v) is 5.25. The van der Waals surface area contributed by atoms with Gasteiger partial charge in [-0.3, -0.25) is 4.79 Å². The number of hydrogen-bond donors (Lipinski definition) is 0. The highest BCUT2D eigenvalue weighted by atomic mass is 32.1.